The number of carbonyl (C=O) groups is 1. The Hall–Kier alpha value is -2.41. The highest BCUT2D eigenvalue weighted by Crippen LogP contribution is 2.24. The predicted octanol–water partition coefficient (Wildman–Crippen LogP) is 3.33. The second kappa shape index (κ2) is 7.23. The molecule has 134 valence electrons. The average Bonchev–Trinajstić information content (AvgIpc) is 3.07. The van der Waals surface area contributed by atoms with Gasteiger partial charge in [0.15, 0.2) is 0 Å². The fraction of sp³-hybridized carbons (Fsp3) is 0.500. The summed E-state index contributed by atoms with van der Waals surface area (Å²) in [7, 11) is 0. The Bertz CT molecular complexity index is 713. The molecule has 0 unspecified atom stereocenters. The number of rotatable bonds is 3. The summed E-state index contributed by atoms with van der Waals surface area (Å²) < 4.78 is 10.6. The summed E-state index contributed by atoms with van der Waals surface area (Å²) in [6.45, 7) is 7.46. The zero-order valence-corrected chi connectivity index (χ0v) is 14.8. The van der Waals surface area contributed by atoms with Gasteiger partial charge in [-0.25, -0.2) is 4.79 Å². The molecule has 2 heterocycles. The minimum Gasteiger partial charge on any atom is -0.381 e. The summed E-state index contributed by atoms with van der Waals surface area (Å²) in [5.74, 6) is 1.14. The van der Waals surface area contributed by atoms with E-state index < -0.39 is 0 Å². The Labute approximate surface area is 147 Å². The Morgan fingerprint density at radius 1 is 1.16 bits per heavy atom. The Morgan fingerprint density at radius 2 is 1.84 bits per heavy atom. The third kappa shape index (κ3) is 4.57. The van der Waals surface area contributed by atoms with Gasteiger partial charge in [-0.05, 0) is 37.1 Å². The van der Waals surface area contributed by atoms with E-state index in [4.69, 9.17) is 9.26 Å². The van der Waals surface area contributed by atoms with Gasteiger partial charge < -0.3 is 19.9 Å². The quantitative estimate of drug-likeness (QED) is 0.891. The standard InChI is InChI=1S/C18H24N4O3/c1-18(2,3)16-21-15(22-25-16)12-4-6-13(7-5-12)19-17(23)20-14-8-10-24-11-9-14/h4-7,14H,8-11H2,1-3H3,(H2,19,20,23). The summed E-state index contributed by atoms with van der Waals surface area (Å²) in [4.78, 5) is 16.5. The number of aromatic nitrogens is 2. The Morgan fingerprint density at radius 3 is 2.44 bits per heavy atom. The maximum absolute atomic E-state index is 12.0. The van der Waals surface area contributed by atoms with Gasteiger partial charge in [-0.1, -0.05) is 25.9 Å². The zero-order valence-electron chi connectivity index (χ0n) is 14.8. The van der Waals surface area contributed by atoms with Gasteiger partial charge >= 0.3 is 6.03 Å². The molecule has 2 N–H and O–H groups in total. The fourth-order valence-corrected chi connectivity index (χ4v) is 2.54. The lowest BCUT2D eigenvalue weighted by molar-refractivity contribution is 0.0806. The van der Waals surface area contributed by atoms with Gasteiger partial charge in [0.25, 0.3) is 0 Å². The van der Waals surface area contributed by atoms with E-state index in [1.54, 1.807) is 0 Å². The molecule has 1 aliphatic heterocycles. The molecule has 25 heavy (non-hydrogen) atoms. The van der Waals surface area contributed by atoms with Crippen LogP contribution in [-0.2, 0) is 10.2 Å². The number of hydrogen-bond donors (Lipinski definition) is 2. The molecular weight excluding hydrogens is 320 g/mol. The number of nitrogens with zero attached hydrogens (tertiary/aromatic N) is 2. The van der Waals surface area contributed by atoms with Crippen molar-refractivity contribution in [3.8, 4) is 11.4 Å². The number of urea groups is 1. The molecule has 1 aromatic carbocycles. The molecule has 7 heteroatoms. The van der Waals surface area contributed by atoms with Crippen LogP contribution in [0.5, 0.6) is 0 Å². The first-order valence-electron chi connectivity index (χ1n) is 8.52. The highest BCUT2D eigenvalue weighted by molar-refractivity contribution is 5.89. The molecule has 3 rings (SSSR count). The first-order valence-corrected chi connectivity index (χ1v) is 8.52. The van der Waals surface area contributed by atoms with Crippen molar-refractivity contribution in [1.29, 1.82) is 0 Å². The molecule has 0 radical (unpaired) electrons. The molecule has 2 amide bonds. The molecule has 0 atom stereocenters. The van der Waals surface area contributed by atoms with Gasteiger partial charge in [0, 0.05) is 35.9 Å². The van der Waals surface area contributed by atoms with Gasteiger partial charge in [-0.15, -0.1) is 0 Å². The Kier molecular flexibility index (Phi) is 5.03. The predicted molar refractivity (Wildman–Crippen MR) is 94.4 cm³/mol. The number of amides is 2. The van der Waals surface area contributed by atoms with E-state index in [1.165, 1.54) is 0 Å². The summed E-state index contributed by atoms with van der Waals surface area (Å²) >= 11 is 0. The van der Waals surface area contributed by atoms with Crippen molar-refractivity contribution in [3.63, 3.8) is 0 Å². The topological polar surface area (TPSA) is 89.3 Å². The lowest BCUT2D eigenvalue weighted by atomic mass is 9.97. The zero-order chi connectivity index (χ0) is 17.9. The molecule has 0 saturated carbocycles. The minimum atomic E-state index is -0.200. The average molecular weight is 344 g/mol. The lowest BCUT2D eigenvalue weighted by Crippen LogP contribution is -2.41. The van der Waals surface area contributed by atoms with Gasteiger partial charge in [-0.2, -0.15) is 4.98 Å². The van der Waals surface area contributed by atoms with Crippen LogP contribution >= 0.6 is 0 Å². The van der Waals surface area contributed by atoms with E-state index >= 15 is 0 Å². The van der Waals surface area contributed by atoms with E-state index in [9.17, 15) is 4.79 Å². The van der Waals surface area contributed by atoms with Crippen LogP contribution in [0.15, 0.2) is 28.8 Å². The minimum absolute atomic E-state index is 0.170. The summed E-state index contributed by atoms with van der Waals surface area (Å²) in [6.07, 6.45) is 1.70. The van der Waals surface area contributed by atoms with Crippen LogP contribution in [-0.4, -0.2) is 35.4 Å². The maximum Gasteiger partial charge on any atom is 0.319 e. The summed E-state index contributed by atoms with van der Waals surface area (Å²) in [5, 5.41) is 9.83. The maximum atomic E-state index is 12.0. The van der Waals surface area contributed by atoms with Crippen LogP contribution in [0.25, 0.3) is 11.4 Å². The van der Waals surface area contributed by atoms with E-state index in [-0.39, 0.29) is 17.5 Å². The molecule has 0 bridgehead atoms. The first kappa shape index (κ1) is 17.4. The van der Waals surface area contributed by atoms with Crippen molar-refractivity contribution in [2.24, 2.45) is 0 Å². The van der Waals surface area contributed by atoms with Crippen molar-refractivity contribution in [1.82, 2.24) is 15.5 Å². The third-order valence-electron chi connectivity index (χ3n) is 4.03. The molecule has 2 aromatic rings. The molecule has 7 nitrogen and oxygen atoms in total. The second-order valence-corrected chi connectivity index (χ2v) is 7.24. The molecular formula is C18H24N4O3. The second-order valence-electron chi connectivity index (χ2n) is 7.24. The number of nitrogens with one attached hydrogen (secondary N) is 2. The van der Waals surface area contributed by atoms with E-state index in [1.807, 2.05) is 45.0 Å². The van der Waals surface area contributed by atoms with Crippen LogP contribution in [0.1, 0.15) is 39.5 Å². The van der Waals surface area contributed by atoms with Crippen LogP contribution < -0.4 is 10.6 Å². The van der Waals surface area contributed by atoms with Gasteiger partial charge in [0.2, 0.25) is 11.7 Å². The van der Waals surface area contributed by atoms with Crippen molar-refractivity contribution >= 4 is 11.7 Å². The van der Waals surface area contributed by atoms with Gasteiger partial charge in [0.05, 0.1) is 0 Å². The highest BCUT2D eigenvalue weighted by Gasteiger charge is 2.22. The number of benzene rings is 1. The van der Waals surface area contributed by atoms with Crippen LogP contribution in [0.2, 0.25) is 0 Å². The van der Waals surface area contributed by atoms with Gasteiger partial charge in [-0.3, -0.25) is 0 Å². The molecule has 1 fully saturated rings. The molecule has 0 aliphatic carbocycles. The van der Waals surface area contributed by atoms with Crippen LogP contribution in [0.3, 0.4) is 0 Å². The normalized spacial score (nSPS) is 15.8. The smallest absolute Gasteiger partial charge is 0.319 e. The summed E-state index contributed by atoms with van der Waals surface area (Å²) in [5.41, 5.74) is 1.37. The van der Waals surface area contributed by atoms with Crippen molar-refractivity contribution in [2.75, 3.05) is 18.5 Å². The van der Waals surface area contributed by atoms with E-state index in [0.717, 1.165) is 18.4 Å². The number of ether oxygens (including phenoxy) is 1. The lowest BCUT2D eigenvalue weighted by Gasteiger charge is -2.23. The SMILES string of the molecule is CC(C)(C)c1nc(-c2ccc(NC(=O)NC3CCOCC3)cc2)no1. The third-order valence-corrected chi connectivity index (χ3v) is 4.03. The van der Waals surface area contributed by atoms with Crippen molar-refractivity contribution in [3.05, 3.63) is 30.2 Å². The first-order chi connectivity index (χ1) is 11.9. The van der Waals surface area contributed by atoms with Gasteiger partial charge in [0.1, 0.15) is 0 Å². The molecule has 1 aliphatic rings. The van der Waals surface area contributed by atoms with E-state index in [0.29, 0.717) is 30.6 Å². The van der Waals surface area contributed by atoms with Crippen molar-refractivity contribution < 1.29 is 14.1 Å². The largest absolute Gasteiger partial charge is 0.381 e. The van der Waals surface area contributed by atoms with Crippen LogP contribution in [0, 0.1) is 0 Å². The Balaban J connectivity index is 1.60. The van der Waals surface area contributed by atoms with Crippen LogP contribution in [0.4, 0.5) is 10.5 Å². The van der Waals surface area contributed by atoms with E-state index in [2.05, 4.69) is 20.8 Å². The number of carbonyl (C=O) groups excluding carboxylic acids is 1. The highest BCUT2D eigenvalue weighted by atomic mass is 16.5. The van der Waals surface area contributed by atoms with Crippen molar-refractivity contribution in [2.45, 2.75) is 45.1 Å². The molecule has 1 aromatic heterocycles. The number of anilines is 1. The fourth-order valence-electron chi connectivity index (χ4n) is 2.54. The monoisotopic (exact) mass is 344 g/mol. The molecule has 0 spiro atoms. The number of hydrogen-bond acceptors (Lipinski definition) is 5. The molecule has 1 saturated heterocycles. The summed E-state index contributed by atoms with van der Waals surface area (Å²) in [6, 6.07) is 7.35.